The maximum Gasteiger partial charge on any atom is 0.260 e. The van der Waals surface area contributed by atoms with Gasteiger partial charge >= 0.3 is 0 Å². The van der Waals surface area contributed by atoms with Crippen molar-refractivity contribution in [2.75, 3.05) is 18.4 Å². The summed E-state index contributed by atoms with van der Waals surface area (Å²) in [6.07, 6.45) is 2.43. The van der Waals surface area contributed by atoms with Crippen molar-refractivity contribution in [1.29, 1.82) is 0 Å². The molecule has 7 nitrogen and oxygen atoms in total. The monoisotopic (exact) mass is 402 g/mol. The van der Waals surface area contributed by atoms with Crippen molar-refractivity contribution in [3.8, 4) is 0 Å². The van der Waals surface area contributed by atoms with Gasteiger partial charge in [-0.2, -0.15) is 4.31 Å². The number of anilines is 1. The Kier molecular flexibility index (Phi) is 4.90. The number of sulfonamides is 1. The zero-order chi connectivity index (χ0) is 18.9. The van der Waals surface area contributed by atoms with Crippen molar-refractivity contribution in [3.05, 3.63) is 48.1 Å². The Labute approximate surface area is 161 Å². The fourth-order valence-electron chi connectivity index (χ4n) is 3.17. The highest BCUT2D eigenvalue weighted by atomic mass is 32.2. The number of pyridine rings is 1. The van der Waals surface area contributed by atoms with Crippen LogP contribution in [0.3, 0.4) is 0 Å². The molecule has 4 rings (SSSR count). The molecule has 1 fully saturated rings. The molecular formula is C18H18N4O3S2. The summed E-state index contributed by atoms with van der Waals surface area (Å²) < 4.78 is 27.7. The van der Waals surface area contributed by atoms with Gasteiger partial charge in [-0.25, -0.2) is 18.4 Å². The number of carbonyl (C=O) groups is 1. The van der Waals surface area contributed by atoms with Gasteiger partial charge in [0, 0.05) is 30.9 Å². The molecule has 9 heteroatoms. The number of hydrogen-bond donors (Lipinski definition) is 1. The van der Waals surface area contributed by atoms with Crippen molar-refractivity contribution in [1.82, 2.24) is 14.3 Å². The number of hydrogen-bond acceptors (Lipinski definition) is 6. The van der Waals surface area contributed by atoms with Gasteiger partial charge in [0.15, 0.2) is 5.03 Å². The Bertz CT molecular complexity index is 1060. The van der Waals surface area contributed by atoms with Gasteiger partial charge in [-0.3, -0.25) is 4.79 Å². The number of amides is 1. The first-order chi connectivity index (χ1) is 13.0. The largest absolute Gasteiger partial charge is 0.326 e. The highest BCUT2D eigenvalue weighted by Gasteiger charge is 2.32. The first kappa shape index (κ1) is 18.0. The Hall–Kier alpha value is -2.36. The summed E-state index contributed by atoms with van der Waals surface area (Å²) in [6.45, 7) is 0.615. The number of rotatable bonds is 4. The maximum absolute atomic E-state index is 12.6. The van der Waals surface area contributed by atoms with Crippen LogP contribution in [0.4, 0.5) is 5.69 Å². The Morgan fingerprint density at radius 3 is 2.70 bits per heavy atom. The van der Waals surface area contributed by atoms with Gasteiger partial charge in [0.05, 0.1) is 15.7 Å². The minimum Gasteiger partial charge on any atom is -0.326 e. The molecule has 1 aromatic carbocycles. The quantitative estimate of drug-likeness (QED) is 0.724. The molecule has 0 radical (unpaired) electrons. The van der Waals surface area contributed by atoms with Gasteiger partial charge in [0.1, 0.15) is 0 Å². The molecule has 3 heterocycles. The van der Waals surface area contributed by atoms with Crippen molar-refractivity contribution in [2.24, 2.45) is 5.92 Å². The highest BCUT2D eigenvalue weighted by molar-refractivity contribution is 7.89. The summed E-state index contributed by atoms with van der Waals surface area (Å²) in [5.74, 6) is -0.300. The van der Waals surface area contributed by atoms with Gasteiger partial charge < -0.3 is 5.32 Å². The molecule has 0 saturated carbocycles. The molecule has 0 bridgehead atoms. The molecule has 1 N–H and O–H groups in total. The summed E-state index contributed by atoms with van der Waals surface area (Å²) in [5.41, 5.74) is 3.34. The second-order valence-corrected chi connectivity index (χ2v) is 9.14. The third-order valence-corrected chi connectivity index (χ3v) is 7.29. The SMILES string of the molecule is O=C(Nc1ccc2scnc2c1)C1CCN(S(=O)(=O)c2ccccn2)CC1. The van der Waals surface area contributed by atoms with Crippen molar-refractivity contribution in [3.63, 3.8) is 0 Å². The van der Waals surface area contributed by atoms with Gasteiger partial charge in [0.2, 0.25) is 5.91 Å². The van der Waals surface area contributed by atoms with Crippen LogP contribution in [0.25, 0.3) is 10.2 Å². The van der Waals surface area contributed by atoms with Crippen LogP contribution in [0.1, 0.15) is 12.8 Å². The number of nitrogens with one attached hydrogen (secondary N) is 1. The van der Waals surface area contributed by atoms with Crippen LogP contribution in [-0.4, -0.2) is 41.7 Å². The fourth-order valence-corrected chi connectivity index (χ4v) is 5.23. The van der Waals surface area contributed by atoms with Crippen LogP contribution < -0.4 is 5.32 Å². The van der Waals surface area contributed by atoms with E-state index in [4.69, 9.17) is 0 Å². The van der Waals surface area contributed by atoms with Gasteiger partial charge in [0.25, 0.3) is 10.0 Å². The third kappa shape index (κ3) is 3.71. The maximum atomic E-state index is 12.6. The molecular weight excluding hydrogens is 384 g/mol. The van der Waals surface area contributed by atoms with E-state index in [9.17, 15) is 13.2 Å². The number of nitrogens with zero attached hydrogens (tertiary/aromatic N) is 3. The summed E-state index contributed by atoms with van der Waals surface area (Å²) in [4.78, 5) is 20.8. The summed E-state index contributed by atoms with van der Waals surface area (Å²) >= 11 is 1.55. The van der Waals surface area contributed by atoms with E-state index < -0.39 is 10.0 Å². The van der Waals surface area contributed by atoms with E-state index in [1.807, 2.05) is 18.2 Å². The Morgan fingerprint density at radius 2 is 1.96 bits per heavy atom. The predicted octanol–water partition coefficient (Wildman–Crippen LogP) is 2.73. The molecule has 1 aliphatic heterocycles. The van der Waals surface area contributed by atoms with E-state index in [2.05, 4.69) is 15.3 Å². The number of fused-ring (bicyclic) bond motifs is 1. The number of thiazole rings is 1. The van der Waals surface area contributed by atoms with Gasteiger partial charge in [-0.15, -0.1) is 11.3 Å². The molecule has 1 aliphatic rings. The molecule has 0 spiro atoms. The highest BCUT2D eigenvalue weighted by Crippen LogP contribution is 2.25. The average molecular weight is 403 g/mol. The molecule has 3 aromatic rings. The molecule has 0 atom stereocenters. The van der Waals surface area contributed by atoms with Gasteiger partial charge in [-0.1, -0.05) is 6.07 Å². The summed E-state index contributed by atoms with van der Waals surface area (Å²) in [7, 11) is -3.60. The first-order valence-electron chi connectivity index (χ1n) is 8.59. The van der Waals surface area contributed by atoms with Gasteiger partial charge in [-0.05, 0) is 43.2 Å². The second kappa shape index (κ2) is 7.34. The second-order valence-electron chi connectivity index (χ2n) is 6.37. The van der Waals surface area contributed by atoms with E-state index in [-0.39, 0.29) is 16.9 Å². The van der Waals surface area contributed by atoms with E-state index in [0.717, 1.165) is 10.2 Å². The molecule has 27 heavy (non-hydrogen) atoms. The fraction of sp³-hybridized carbons (Fsp3) is 0.278. The molecule has 2 aromatic heterocycles. The summed E-state index contributed by atoms with van der Waals surface area (Å²) in [6, 6.07) is 10.5. The number of piperidine rings is 1. The normalized spacial score (nSPS) is 16.4. The lowest BCUT2D eigenvalue weighted by atomic mass is 9.97. The summed E-state index contributed by atoms with van der Waals surface area (Å²) in [5, 5.41) is 2.97. The predicted molar refractivity (Wildman–Crippen MR) is 104 cm³/mol. The van der Waals surface area contributed by atoms with Crippen molar-refractivity contribution < 1.29 is 13.2 Å². The van der Waals surface area contributed by atoms with E-state index in [1.54, 1.807) is 29.0 Å². The minimum atomic E-state index is -3.60. The molecule has 140 valence electrons. The van der Waals surface area contributed by atoms with Crippen molar-refractivity contribution in [2.45, 2.75) is 17.9 Å². The van der Waals surface area contributed by atoms with Crippen LogP contribution >= 0.6 is 11.3 Å². The Morgan fingerprint density at radius 1 is 1.15 bits per heavy atom. The first-order valence-corrected chi connectivity index (χ1v) is 10.9. The molecule has 1 amide bonds. The zero-order valence-corrected chi connectivity index (χ0v) is 16.0. The van der Waals surface area contributed by atoms with Crippen LogP contribution in [0.15, 0.2) is 53.1 Å². The molecule has 0 aliphatic carbocycles. The van der Waals surface area contributed by atoms with Crippen LogP contribution in [-0.2, 0) is 14.8 Å². The Balaban J connectivity index is 1.39. The lowest BCUT2D eigenvalue weighted by molar-refractivity contribution is -0.120. The number of aromatic nitrogens is 2. The lowest BCUT2D eigenvalue weighted by Gasteiger charge is -2.30. The van der Waals surface area contributed by atoms with Crippen molar-refractivity contribution >= 4 is 43.2 Å². The molecule has 0 unspecified atom stereocenters. The van der Waals surface area contributed by atoms with E-state index in [1.165, 1.54) is 16.6 Å². The lowest BCUT2D eigenvalue weighted by Crippen LogP contribution is -2.41. The number of carbonyl (C=O) groups excluding carboxylic acids is 1. The van der Waals surface area contributed by atoms with E-state index >= 15 is 0 Å². The average Bonchev–Trinajstić information content (AvgIpc) is 3.16. The van der Waals surface area contributed by atoms with Crippen LogP contribution in [0, 0.1) is 5.92 Å². The smallest absolute Gasteiger partial charge is 0.260 e. The zero-order valence-electron chi connectivity index (χ0n) is 14.4. The standard InChI is InChI=1S/C18H18N4O3S2/c23-18(21-14-4-5-16-15(11-14)20-12-26-16)13-6-9-22(10-7-13)27(24,25)17-3-1-2-8-19-17/h1-5,8,11-13H,6-7,9-10H2,(H,21,23). The third-order valence-electron chi connectivity index (χ3n) is 4.66. The van der Waals surface area contributed by atoms with Crippen LogP contribution in [0.5, 0.6) is 0 Å². The topological polar surface area (TPSA) is 92.3 Å². The molecule has 1 saturated heterocycles. The number of benzene rings is 1. The van der Waals surface area contributed by atoms with E-state index in [0.29, 0.717) is 31.6 Å². The minimum absolute atomic E-state index is 0.0458. The van der Waals surface area contributed by atoms with Crippen LogP contribution in [0.2, 0.25) is 0 Å².